The van der Waals surface area contributed by atoms with Gasteiger partial charge in [0.2, 0.25) is 0 Å². The summed E-state index contributed by atoms with van der Waals surface area (Å²) in [6, 6.07) is 19.8. The van der Waals surface area contributed by atoms with Crippen molar-refractivity contribution in [3.63, 3.8) is 0 Å². The van der Waals surface area contributed by atoms with E-state index in [1.165, 1.54) is 0 Å². The number of hydrogen-bond acceptors (Lipinski definition) is 2. The Morgan fingerprint density at radius 3 is 2.50 bits per heavy atom. The van der Waals surface area contributed by atoms with Gasteiger partial charge in [-0.05, 0) is 24.6 Å². The summed E-state index contributed by atoms with van der Waals surface area (Å²) in [5, 5.41) is 0. The second kappa shape index (κ2) is 6.31. The monoisotopic (exact) mass is 291 g/mol. The van der Waals surface area contributed by atoms with Crippen molar-refractivity contribution in [2.24, 2.45) is 0 Å². The van der Waals surface area contributed by atoms with Gasteiger partial charge in [0.15, 0.2) is 0 Å². The van der Waals surface area contributed by atoms with E-state index in [-0.39, 0.29) is 5.56 Å². The lowest BCUT2D eigenvalue weighted by molar-refractivity contribution is 0.307. The maximum Gasteiger partial charge on any atom is 0.250 e. The van der Waals surface area contributed by atoms with Gasteiger partial charge >= 0.3 is 0 Å². The average molecular weight is 291 g/mol. The van der Waals surface area contributed by atoms with Crippen molar-refractivity contribution in [1.29, 1.82) is 0 Å². The van der Waals surface area contributed by atoms with Crippen LogP contribution in [-0.2, 0) is 6.61 Å². The summed E-state index contributed by atoms with van der Waals surface area (Å²) in [6.07, 6.45) is 1.72. The zero-order valence-electron chi connectivity index (χ0n) is 12.4. The number of ether oxygens (including phenoxy) is 1. The molecule has 3 aromatic rings. The maximum absolute atomic E-state index is 11.5. The summed E-state index contributed by atoms with van der Waals surface area (Å²) in [6.45, 7) is 2.32. The zero-order chi connectivity index (χ0) is 15.4. The molecule has 2 aromatic carbocycles. The van der Waals surface area contributed by atoms with E-state index in [4.69, 9.17) is 4.74 Å². The van der Waals surface area contributed by atoms with Gasteiger partial charge in [-0.25, -0.2) is 0 Å². The third-order valence-corrected chi connectivity index (χ3v) is 3.52. The predicted octanol–water partition coefficient (Wildman–Crippen LogP) is 3.93. The molecule has 0 spiro atoms. The Morgan fingerprint density at radius 2 is 1.73 bits per heavy atom. The number of benzene rings is 2. The summed E-state index contributed by atoms with van der Waals surface area (Å²) >= 11 is 0. The van der Waals surface area contributed by atoms with Crippen molar-refractivity contribution < 1.29 is 4.74 Å². The van der Waals surface area contributed by atoms with Crippen LogP contribution in [0.4, 0.5) is 0 Å². The van der Waals surface area contributed by atoms with Gasteiger partial charge in [0.05, 0.1) is 0 Å². The van der Waals surface area contributed by atoms with E-state index in [9.17, 15) is 4.79 Å². The molecule has 0 saturated heterocycles. The number of hydrogen-bond donors (Lipinski definition) is 1. The Labute approximate surface area is 129 Å². The van der Waals surface area contributed by atoms with Crippen molar-refractivity contribution in [2.45, 2.75) is 13.5 Å². The first kappa shape index (κ1) is 14.1. The molecule has 0 atom stereocenters. The van der Waals surface area contributed by atoms with Crippen molar-refractivity contribution in [2.75, 3.05) is 0 Å². The van der Waals surface area contributed by atoms with Crippen LogP contribution >= 0.6 is 0 Å². The first-order chi connectivity index (χ1) is 10.7. The van der Waals surface area contributed by atoms with Crippen LogP contribution in [0.3, 0.4) is 0 Å². The Balaban J connectivity index is 1.89. The topological polar surface area (TPSA) is 42.1 Å². The van der Waals surface area contributed by atoms with Crippen LogP contribution in [0.2, 0.25) is 0 Å². The average Bonchev–Trinajstić information content (AvgIpc) is 2.57. The smallest absolute Gasteiger partial charge is 0.250 e. The minimum Gasteiger partial charge on any atom is -0.488 e. The summed E-state index contributed by atoms with van der Waals surface area (Å²) in [4.78, 5) is 14.3. The van der Waals surface area contributed by atoms with Crippen LogP contribution < -0.4 is 10.3 Å². The number of rotatable bonds is 4. The number of aryl methyl sites for hydroxylation is 1. The van der Waals surface area contributed by atoms with Gasteiger partial charge in [-0.3, -0.25) is 4.79 Å². The molecule has 3 rings (SSSR count). The van der Waals surface area contributed by atoms with Gasteiger partial charge in [0.1, 0.15) is 12.4 Å². The lowest BCUT2D eigenvalue weighted by Crippen LogP contribution is -2.08. The SMILES string of the molecule is Cc1cc(-c2ccccc2OCc2ccccc2)c[nH]c1=O. The molecule has 0 bridgehead atoms. The molecule has 0 aliphatic carbocycles. The number of H-pyrrole nitrogens is 1. The van der Waals surface area contributed by atoms with Gasteiger partial charge in [-0.1, -0.05) is 48.5 Å². The highest BCUT2D eigenvalue weighted by Crippen LogP contribution is 2.29. The predicted molar refractivity (Wildman–Crippen MR) is 88.0 cm³/mol. The highest BCUT2D eigenvalue weighted by atomic mass is 16.5. The van der Waals surface area contributed by atoms with Crippen molar-refractivity contribution in [1.82, 2.24) is 4.98 Å². The van der Waals surface area contributed by atoms with E-state index in [1.807, 2.05) is 60.7 Å². The summed E-state index contributed by atoms with van der Waals surface area (Å²) in [5.74, 6) is 0.804. The first-order valence-electron chi connectivity index (χ1n) is 7.19. The summed E-state index contributed by atoms with van der Waals surface area (Å²) < 4.78 is 5.96. The molecule has 0 saturated carbocycles. The van der Waals surface area contributed by atoms with Crippen LogP contribution in [0.5, 0.6) is 5.75 Å². The fourth-order valence-electron chi connectivity index (χ4n) is 2.32. The molecule has 0 radical (unpaired) electrons. The molecule has 3 heteroatoms. The molecule has 1 N–H and O–H groups in total. The van der Waals surface area contributed by atoms with E-state index in [1.54, 1.807) is 13.1 Å². The van der Waals surface area contributed by atoms with Crippen molar-refractivity contribution in [3.8, 4) is 16.9 Å². The lowest BCUT2D eigenvalue weighted by atomic mass is 10.1. The first-order valence-corrected chi connectivity index (χ1v) is 7.19. The molecule has 110 valence electrons. The Bertz CT molecular complexity index is 822. The minimum absolute atomic E-state index is 0.0635. The van der Waals surface area contributed by atoms with Gasteiger partial charge < -0.3 is 9.72 Å². The molecule has 3 nitrogen and oxygen atoms in total. The quantitative estimate of drug-likeness (QED) is 0.791. The molecule has 1 heterocycles. The number of nitrogens with one attached hydrogen (secondary N) is 1. The van der Waals surface area contributed by atoms with Gasteiger partial charge in [-0.2, -0.15) is 0 Å². The largest absolute Gasteiger partial charge is 0.488 e. The van der Waals surface area contributed by atoms with Gasteiger partial charge in [-0.15, -0.1) is 0 Å². The van der Waals surface area contributed by atoms with Crippen LogP contribution in [-0.4, -0.2) is 4.98 Å². The number of para-hydroxylation sites is 1. The molecule has 0 aliphatic rings. The van der Waals surface area contributed by atoms with Crippen LogP contribution in [0.15, 0.2) is 71.7 Å². The second-order valence-electron chi connectivity index (χ2n) is 5.17. The molecule has 0 aliphatic heterocycles. The highest BCUT2D eigenvalue weighted by Gasteiger charge is 2.07. The fourth-order valence-corrected chi connectivity index (χ4v) is 2.32. The van der Waals surface area contributed by atoms with Crippen LogP contribution in [0, 0.1) is 6.92 Å². The molecule has 0 unspecified atom stereocenters. The Hall–Kier alpha value is -2.81. The van der Waals surface area contributed by atoms with Crippen LogP contribution in [0.1, 0.15) is 11.1 Å². The summed E-state index contributed by atoms with van der Waals surface area (Å²) in [5.41, 5.74) is 3.66. The van der Waals surface area contributed by atoms with E-state index >= 15 is 0 Å². The number of pyridine rings is 1. The Kier molecular flexibility index (Phi) is 4.05. The normalized spacial score (nSPS) is 10.4. The third kappa shape index (κ3) is 3.09. The second-order valence-corrected chi connectivity index (χ2v) is 5.17. The summed E-state index contributed by atoms with van der Waals surface area (Å²) in [7, 11) is 0. The van der Waals surface area contributed by atoms with Crippen molar-refractivity contribution >= 4 is 0 Å². The minimum atomic E-state index is -0.0635. The fraction of sp³-hybridized carbons (Fsp3) is 0.105. The van der Waals surface area contributed by atoms with Crippen molar-refractivity contribution in [3.05, 3.63) is 88.3 Å². The molecule has 1 aromatic heterocycles. The van der Waals surface area contributed by atoms with Gasteiger partial charge in [0, 0.05) is 22.9 Å². The van der Waals surface area contributed by atoms with E-state index in [0.717, 1.165) is 22.4 Å². The maximum atomic E-state index is 11.5. The molecular formula is C19H17NO2. The zero-order valence-corrected chi connectivity index (χ0v) is 12.4. The molecule has 0 amide bonds. The highest BCUT2D eigenvalue weighted by molar-refractivity contribution is 5.70. The number of aromatic amines is 1. The van der Waals surface area contributed by atoms with E-state index in [0.29, 0.717) is 12.2 Å². The van der Waals surface area contributed by atoms with Gasteiger partial charge in [0.25, 0.3) is 5.56 Å². The molecule has 0 fully saturated rings. The standard InChI is InChI=1S/C19H17NO2/c1-14-11-16(12-20-19(14)21)17-9-5-6-10-18(17)22-13-15-7-3-2-4-8-15/h2-12H,13H2,1H3,(H,20,21). The molecule has 22 heavy (non-hydrogen) atoms. The number of aromatic nitrogens is 1. The Morgan fingerprint density at radius 1 is 1.00 bits per heavy atom. The third-order valence-electron chi connectivity index (χ3n) is 3.52. The lowest BCUT2D eigenvalue weighted by Gasteiger charge is -2.12. The van der Waals surface area contributed by atoms with Crippen LogP contribution in [0.25, 0.3) is 11.1 Å². The van der Waals surface area contributed by atoms with E-state index < -0.39 is 0 Å². The van der Waals surface area contributed by atoms with E-state index in [2.05, 4.69) is 4.98 Å². The molecular weight excluding hydrogens is 274 g/mol.